The fraction of sp³-hybridized carbons (Fsp3) is 1.00. The number of rotatable bonds is 1. The Bertz CT molecular complexity index is 85.0. The molecule has 0 bridgehead atoms. The third-order valence-electron chi connectivity index (χ3n) is 2.10. The van der Waals surface area contributed by atoms with Crippen molar-refractivity contribution in [3.05, 3.63) is 0 Å². The van der Waals surface area contributed by atoms with Crippen molar-refractivity contribution >= 4 is 11.6 Å². The van der Waals surface area contributed by atoms with E-state index in [2.05, 4.69) is 11.9 Å². The average molecular weight is 148 g/mol. The summed E-state index contributed by atoms with van der Waals surface area (Å²) >= 11 is 5.73. The van der Waals surface area contributed by atoms with Crippen LogP contribution in [0.15, 0.2) is 0 Å². The number of piperidine rings is 1. The summed E-state index contributed by atoms with van der Waals surface area (Å²) in [4.78, 5) is 2.36. The molecule has 0 unspecified atom stereocenters. The maximum Gasteiger partial charge on any atom is 0.0379 e. The van der Waals surface area contributed by atoms with Crippen LogP contribution in [-0.2, 0) is 0 Å². The standard InChI is InChI=1S/C7H14ClN/c1-9-5-3-2-4-7(9)6-8/h7H,2-6H2,1H3/t7-/m0/s1. The quantitative estimate of drug-likeness (QED) is 0.511. The smallest absolute Gasteiger partial charge is 0.0379 e. The van der Waals surface area contributed by atoms with Crippen molar-refractivity contribution < 1.29 is 0 Å². The molecule has 1 nitrogen and oxygen atoms in total. The van der Waals surface area contributed by atoms with Crippen LogP contribution in [0, 0.1) is 0 Å². The molecule has 0 amide bonds. The van der Waals surface area contributed by atoms with E-state index in [0.29, 0.717) is 6.04 Å². The first-order valence-corrected chi connectivity index (χ1v) is 4.14. The number of halogens is 1. The normalized spacial score (nSPS) is 30.7. The highest BCUT2D eigenvalue weighted by molar-refractivity contribution is 6.18. The van der Waals surface area contributed by atoms with Crippen LogP contribution < -0.4 is 0 Å². The lowest BCUT2D eigenvalue weighted by atomic mass is 10.1. The molecule has 0 saturated carbocycles. The van der Waals surface area contributed by atoms with Gasteiger partial charge in [-0.2, -0.15) is 0 Å². The van der Waals surface area contributed by atoms with Gasteiger partial charge in [0.25, 0.3) is 0 Å². The Kier molecular flexibility index (Phi) is 2.80. The fourth-order valence-electron chi connectivity index (χ4n) is 1.34. The van der Waals surface area contributed by atoms with Crippen molar-refractivity contribution in [1.82, 2.24) is 4.90 Å². The summed E-state index contributed by atoms with van der Waals surface area (Å²) in [6.07, 6.45) is 4.01. The molecule has 1 fully saturated rings. The number of alkyl halides is 1. The van der Waals surface area contributed by atoms with Crippen LogP contribution in [0.3, 0.4) is 0 Å². The minimum absolute atomic E-state index is 0.653. The molecule has 1 atom stereocenters. The highest BCUT2D eigenvalue weighted by Crippen LogP contribution is 2.15. The van der Waals surface area contributed by atoms with Gasteiger partial charge in [0.2, 0.25) is 0 Å². The predicted octanol–water partition coefficient (Wildman–Crippen LogP) is 1.71. The zero-order valence-electron chi connectivity index (χ0n) is 5.94. The van der Waals surface area contributed by atoms with Gasteiger partial charge in [0.15, 0.2) is 0 Å². The zero-order chi connectivity index (χ0) is 6.69. The fourth-order valence-corrected chi connectivity index (χ4v) is 1.73. The van der Waals surface area contributed by atoms with Gasteiger partial charge >= 0.3 is 0 Å². The summed E-state index contributed by atoms with van der Waals surface area (Å²) < 4.78 is 0. The lowest BCUT2D eigenvalue weighted by molar-refractivity contribution is 0.203. The van der Waals surface area contributed by atoms with Crippen molar-refractivity contribution in [1.29, 1.82) is 0 Å². The van der Waals surface area contributed by atoms with Crippen LogP contribution in [0.1, 0.15) is 19.3 Å². The van der Waals surface area contributed by atoms with Gasteiger partial charge in [-0.25, -0.2) is 0 Å². The van der Waals surface area contributed by atoms with Crippen molar-refractivity contribution in [2.24, 2.45) is 0 Å². The first kappa shape index (κ1) is 7.36. The molecule has 1 saturated heterocycles. The summed E-state index contributed by atoms with van der Waals surface area (Å²) in [5.74, 6) is 0.802. The van der Waals surface area contributed by atoms with Crippen LogP contribution in [0.4, 0.5) is 0 Å². The first-order valence-electron chi connectivity index (χ1n) is 3.61. The summed E-state index contributed by atoms with van der Waals surface area (Å²) in [6, 6.07) is 0.653. The van der Waals surface area contributed by atoms with Crippen molar-refractivity contribution in [2.75, 3.05) is 19.5 Å². The third-order valence-corrected chi connectivity index (χ3v) is 2.46. The van der Waals surface area contributed by atoms with Gasteiger partial charge in [0, 0.05) is 11.9 Å². The van der Waals surface area contributed by atoms with E-state index in [-0.39, 0.29) is 0 Å². The maximum absolute atomic E-state index is 5.73. The highest BCUT2D eigenvalue weighted by Gasteiger charge is 2.16. The topological polar surface area (TPSA) is 3.24 Å². The molecule has 1 aliphatic heterocycles. The maximum atomic E-state index is 5.73. The molecule has 1 heterocycles. The van der Waals surface area contributed by atoms with Gasteiger partial charge in [-0.1, -0.05) is 6.42 Å². The van der Waals surface area contributed by atoms with E-state index in [4.69, 9.17) is 11.6 Å². The van der Waals surface area contributed by atoms with Gasteiger partial charge in [0.1, 0.15) is 0 Å². The second-order valence-corrected chi connectivity index (χ2v) is 3.09. The lowest BCUT2D eigenvalue weighted by Gasteiger charge is -2.30. The molecule has 0 radical (unpaired) electrons. The van der Waals surface area contributed by atoms with Gasteiger partial charge < -0.3 is 4.90 Å². The molecule has 0 aromatic carbocycles. The lowest BCUT2D eigenvalue weighted by Crippen LogP contribution is -2.37. The van der Waals surface area contributed by atoms with Gasteiger partial charge in [-0.3, -0.25) is 0 Å². The average Bonchev–Trinajstić information content (AvgIpc) is 1.89. The Morgan fingerprint density at radius 3 is 2.78 bits per heavy atom. The molecule has 0 aromatic heterocycles. The molecule has 0 aliphatic carbocycles. The molecular weight excluding hydrogens is 134 g/mol. The van der Waals surface area contributed by atoms with Crippen molar-refractivity contribution in [3.63, 3.8) is 0 Å². The number of hydrogen-bond acceptors (Lipinski definition) is 1. The Hall–Kier alpha value is 0.250. The van der Waals surface area contributed by atoms with E-state index in [1.165, 1.54) is 25.8 Å². The molecule has 54 valence electrons. The van der Waals surface area contributed by atoms with E-state index >= 15 is 0 Å². The minimum Gasteiger partial charge on any atom is -0.302 e. The second kappa shape index (κ2) is 3.43. The Labute approximate surface area is 62.0 Å². The summed E-state index contributed by atoms with van der Waals surface area (Å²) in [6.45, 7) is 1.23. The molecule has 0 aromatic rings. The molecule has 1 rings (SSSR count). The van der Waals surface area contributed by atoms with Crippen LogP contribution in [-0.4, -0.2) is 30.4 Å². The third kappa shape index (κ3) is 1.84. The van der Waals surface area contributed by atoms with Crippen molar-refractivity contribution in [3.8, 4) is 0 Å². The number of likely N-dealkylation sites (tertiary alicyclic amines) is 1. The Balaban J connectivity index is 2.30. The van der Waals surface area contributed by atoms with E-state index < -0.39 is 0 Å². The van der Waals surface area contributed by atoms with Crippen LogP contribution in [0.5, 0.6) is 0 Å². The number of nitrogens with zero attached hydrogens (tertiary/aromatic N) is 1. The largest absolute Gasteiger partial charge is 0.302 e. The molecule has 0 spiro atoms. The Morgan fingerprint density at radius 2 is 2.33 bits per heavy atom. The van der Waals surface area contributed by atoms with Crippen LogP contribution in [0.2, 0.25) is 0 Å². The van der Waals surface area contributed by atoms with E-state index in [0.717, 1.165) is 5.88 Å². The van der Waals surface area contributed by atoms with Crippen LogP contribution >= 0.6 is 11.6 Å². The van der Waals surface area contributed by atoms with E-state index in [9.17, 15) is 0 Å². The minimum atomic E-state index is 0.653. The van der Waals surface area contributed by atoms with Crippen molar-refractivity contribution in [2.45, 2.75) is 25.3 Å². The molecule has 0 N–H and O–H groups in total. The molecule has 9 heavy (non-hydrogen) atoms. The van der Waals surface area contributed by atoms with E-state index in [1.807, 2.05) is 0 Å². The monoisotopic (exact) mass is 147 g/mol. The second-order valence-electron chi connectivity index (χ2n) is 2.78. The van der Waals surface area contributed by atoms with Gasteiger partial charge in [0.05, 0.1) is 0 Å². The van der Waals surface area contributed by atoms with Gasteiger partial charge in [-0.15, -0.1) is 11.6 Å². The molecule has 2 heteroatoms. The summed E-state index contributed by atoms with van der Waals surface area (Å²) in [5.41, 5.74) is 0. The van der Waals surface area contributed by atoms with E-state index in [1.54, 1.807) is 0 Å². The zero-order valence-corrected chi connectivity index (χ0v) is 6.69. The molecular formula is C7H14ClN. The SMILES string of the molecule is CN1CCCC[C@H]1CCl. The summed E-state index contributed by atoms with van der Waals surface area (Å²) in [5, 5.41) is 0. The van der Waals surface area contributed by atoms with Gasteiger partial charge in [-0.05, 0) is 26.4 Å². The highest BCUT2D eigenvalue weighted by atomic mass is 35.5. The van der Waals surface area contributed by atoms with Crippen LogP contribution in [0.25, 0.3) is 0 Å². The predicted molar refractivity (Wildman–Crippen MR) is 41.0 cm³/mol. The first-order chi connectivity index (χ1) is 4.34. The molecule has 1 aliphatic rings. The Morgan fingerprint density at radius 1 is 1.56 bits per heavy atom. The number of hydrogen-bond donors (Lipinski definition) is 0. The summed E-state index contributed by atoms with van der Waals surface area (Å²) in [7, 11) is 2.16.